The van der Waals surface area contributed by atoms with E-state index in [0.29, 0.717) is 19.0 Å². The molecule has 1 aromatic carbocycles. The maximum atomic E-state index is 13.4. The van der Waals surface area contributed by atoms with Crippen LogP contribution in [-0.4, -0.2) is 42.2 Å². The summed E-state index contributed by atoms with van der Waals surface area (Å²) in [5, 5.41) is 11.7. The number of carboxylic acid groups (broad SMARTS) is 1. The molecule has 116 valence electrons. The van der Waals surface area contributed by atoms with Crippen LogP contribution >= 0.6 is 11.6 Å². The fraction of sp³-hybridized carbons (Fsp3) is 0.533. The number of hydrogen-bond acceptors (Lipinski definition) is 3. The third kappa shape index (κ3) is 5.26. The Morgan fingerprint density at radius 2 is 2.33 bits per heavy atom. The zero-order valence-corrected chi connectivity index (χ0v) is 12.6. The summed E-state index contributed by atoms with van der Waals surface area (Å²) in [6.07, 6.45) is 2.17. The van der Waals surface area contributed by atoms with E-state index in [1.165, 1.54) is 6.07 Å². The van der Waals surface area contributed by atoms with Crippen molar-refractivity contribution in [3.8, 4) is 0 Å². The molecule has 0 aromatic heterocycles. The molecule has 4 nitrogen and oxygen atoms in total. The van der Waals surface area contributed by atoms with Gasteiger partial charge in [0.15, 0.2) is 0 Å². The Hall–Kier alpha value is -1.17. The molecule has 1 atom stereocenters. The van der Waals surface area contributed by atoms with Gasteiger partial charge in [0.2, 0.25) is 0 Å². The average Bonchev–Trinajstić information content (AvgIpc) is 2.43. The lowest BCUT2D eigenvalue weighted by atomic mass is 9.97. The number of halogens is 2. The summed E-state index contributed by atoms with van der Waals surface area (Å²) in [6, 6.07) is 4.91. The van der Waals surface area contributed by atoms with Gasteiger partial charge in [0, 0.05) is 13.1 Å². The molecule has 0 aliphatic carbocycles. The molecule has 2 rings (SSSR count). The monoisotopic (exact) mass is 314 g/mol. The van der Waals surface area contributed by atoms with E-state index in [1.807, 2.05) is 6.07 Å². The van der Waals surface area contributed by atoms with Gasteiger partial charge in [-0.25, -0.2) is 4.39 Å². The Balaban J connectivity index is 1.83. The molecule has 1 aliphatic rings. The maximum absolute atomic E-state index is 13.4. The van der Waals surface area contributed by atoms with Crippen molar-refractivity contribution in [2.24, 2.45) is 5.92 Å². The van der Waals surface area contributed by atoms with E-state index in [1.54, 1.807) is 6.07 Å². The van der Waals surface area contributed by atoms with Crippen molar-refractivity contribution >= 4 is 17.6 Å². The highest BCUT2D eigenvalue weighted by Gasteiger charge is 2.20. The predicted molar refractivity (Wildman–Crippen MR) is 79.9 cm³/mol. The van der Waals surface area contributed by atoms with Crippen molar-refractivity contribution in [3.63, 3.8) is 0 Å². The van der Waals surface area contributed by atoms with Crippen LogP contribution in [0, 0.1) is 11.7 Å². The minimum absolute atomic E-state index is 0.00110. The molecule has 0 bridgehead atoms. The molecular formula is C15H20ClFN2O2. The molecule has 0 spiro atoms. The summed E-state index contributed by atoms with van der Waals surface area (Å²) in [7, 11) is 0. The van der Waals surface area contributed by atoms with Crippen LogP contribution in [0.3, 0.4) is 0 Å². The van der Waals surface area contributed by atoms with Gasteiger partial charge in [0.05, 0.1) is 11.6 Å². The number of piperidine rings is 1. The normalized spacial score (nSPS) is 19.6. The third-order valence-electron chi connectivity index (χ3n) is 3.70. The molecule has 1 fully saturated rings. The van der Waals surface area contributed by atoms with Crippen molar-refractivity contribution in [1.82, 2.24) is 10.2 Å². The minimum Gasteiger partial charge on any atom is -0.480 e. The van der Waals surface area contributed by atoms with Crippen molar-refractivity contribution in [2.75, 3.05) is 26.2 Å². The van der Waals surface area contributed by atoms with E-state index in [0.717, 1.165) is 31.5 Å². The number of benzene rings is 1. The molecule has 0 saturated carbocycles. The Kier molecular flexibility index (Phi) is 5.96. The zero-order chi connectivity index (χ0) is 15.2. The van der Waals surface area contributed by atoms with Gasteiger partial charge in [-0.2, -0.15) is 0 Å². The first-order chi connectivity index (χ1) is 10.0. The van der Waals surface area contributed by atoms with Gasteiger partial charge in [-0.15, -0.1) is 0 Å². The highest BCUT2D eigenvalue weighted by molar-refractivity contribution is 6.30. The third-order valence-corrected chi connectivity index (χ3v) is 4.01. The van der Waals surface area contributed by atoms with Crippen LogP contribution in [0.2, 0.25) is 5.02 Å². The topological polar surface area (TPSA) is 52.6 Å². The second-order valence-electron chi connectivity index (χ2n) is 5.52. The quantitative estimate of drug-likeness (QED) is 0.846. The number of carboxylic acids is 1. The Morgan fingerprint density at radius 1 is 1.52 bits per heavy atom. The highest BCUT2D eigenvalue weighted by Crippen LogP contribution is 2.20. The highest BCUT2D eigenvalue weighted by atomic mass is 35.5. The first-order valence-electron chi connectivity index (χ1n) is 7.13. The lowest BCUT2D eigenvalue weighted by Crippen LogP contribution is -2.40. The van der Waals surface area contributed by atoms with E-state index < -0.39 is 5.97 Å². The van der Waals surface area contributed by atoms with Crippen molar-refractivity contribution in [3.05, 3.63) is 34.6 Å². The van der Waals surface area contributed by atoms with Gasteiger partial charge in [0.25, 0.3) is 0 Å². The molecule has 6 heteroatoms. The molecule has 0 amide bonds. The van der Waals surface area contributed by atoms with Gasteiger partial charge >= 0.3 is 5.97 Å². The minimum atomic E-state index is -0.834. The molecule has 1 unspecified atom stereocenters. The largest absolute Gasteiger partial charge is 0.480 e. The summed E-state index contributed by atoms with van der Waals surface area (Å²) < 4.78 is 13.4. The molecule has 1 heterocycles. The van der Waals surface area contributed by atoms with Crippen LogP contribution in [0.15, 0.2) is 18.2 Å². The summed E-state index contributed by atoms with van der Waals surface area (Å²) in [4.78, 5) is 12.8. The second kappa shape index (κ2) is 7.73. The summed E-state index contributed by atoms with van der Waals surface area (Å²) >= 11 is 5.68. The Morgan fingerprint density at radius 3 is 3.05 bits per heavy atom. The fourth-order valence-corrected chi connectivity index (χ4v) is 2.86. The Bertz CT molecular complexity index is 499. The van der Waals surface area contributed by atoms with Gasteiger partial charge < -0.3 is 10.4 Å². The predicted octanol–water partition coefficient (Wildman–Crippen LogP) is 2.37. The number of nitrogens with one attached hydrogen (secondary N) is 1. The van der Waals surface area contributed by atoms with Gasteiger partial charge in [-0.3, -0.25) is 9.69 Å². The molecule has 1 aliphatic heterocycles. The maximum Gasteiger partial charge on any atom is 0.317 e. The van der Waals surface area contributed by atoms with Crippen LogP contribution in [0.25, 0.3) is 0 Å². The van der Waals surface area contributed by atoms with Crippen LogP contribution < -0.4 is 5.32 Å². The van der Waals surface area contributed by atoms with E-state index >= 15 is 0 Å². The average molecular weight is 315 g/mol. The lowest BCUT2D eigenvalue weighted by molar-refractivity contribution is -0.136. The smallest absolute Gasteiger partial charge is 0.317 e. The summed E-state index contributed by atoms with van der Waals surface area (Å²) in [5.74, 6) is -0.777. The first-order valence-corrected chi connectivity index (χ1v) is 7.51. The summed E-state index contributed by atoms with van der Waals surface area (Å²) in [6.45, 7) is 3.29. The number of nitrogens with zero attached hydrogens (tertiary/aromatic N) is 1. The Labute approximate surface area is 128 Å². The van der Waals surface area contributed by atoms with Crippen LogP contribution in [0.1, 0.15) is 18.4 Å². The van der Waals surface area contributed by atoms with Crippen LogP contribution in [-0.2, 0) is 11.3 Å². The fourth-order valence-electron chi connectivity index (χ4n) is 2.74. The zero-order valence-electron chi connectivity index (χ0n) is 11.8. The van der Waals surface area contributed by atoms with Crippen molar-refractivity contribution in [2.45, 2.75) is 19.4 Å². The second-order valence-corrected chi connectivity index (χ2v) is 5.92. The van der Waals surface area contributed by atoms with Crippen LogP contribution in [0.5, 0.6) is 0 Å². The number of hydrogen-bond donors (Lipinski definition) is 2. The van der Waals surface area contributed by atoms with E-state index in [4.69, 9.17) is 16.7 Å². The SMILES string of the molecule is O=C(O)CNCC1CCCN(Cc2ccc(Cl)c(F)c2)C1. The molecule has 0 radical (unpaired) electrons. The number of likely N-dealkylation sites (tertiary alicyclic amines) is 1. The lowest BCUT2D eigenvalue weighted by Gasteiger charge is -2.32. The standard InChI is InChI=1S/C15H20ClFN2O2/c16-13-4-3-11(6-14(13)17)9-19-5-1-2-12(10-19)7-18-8-15(20)21/h3-4,6,12,18H,1-2,5,7-10H2,(H,20,21). The summed E-state index contributed by atoms with van der Waals surface area (Å²) in [5.41, 5.74) is 0.913. The van der Waals surface area contributed by atoms with Gasteiger partial charge in [-0.05, 0) is 49.5 Å². The van der Waals surface area contributed by atoms with Gasteiger partial charge in [0.1, 0.15) is 5.82 Å². The van der Waals surface area contributed by atoms with E-state index in [2.05, 4.69) is 10.2 Å². The van der Waals surface area contributed by atoms with E-state index in [-0.39, 0.29) is 17.4 Å². The van der Waals surface area contributed by atoms with Crippen molar-refractivity contribution < 1.29 is 14.3 Å². The number of aliphatic carboxylic acids is 1. The number of carbonyl (C=O) groups is 1. The van der Waals surface area contributed by atoms with E-state index in [9.17, 15) is 9.18 Å². The molecule has 1 saturated heterocycles. The first kappa shape index (κ1) is 16.2. The van der Waals surface area contributed by atoms with Crippen LogP contribution in [0.4, 0.5) is 4.39 Å². The molecule has 2 N–H and O–H groups in total. The molecule has 1 aromatic rings. The van der Waals surface area contributed by atoms with Crippen molar-refractivity contribution in [1.29, 1.82) is 0 Å². The van der Waals surface area contributed by atoms with Gasteiger partial charge in [-0.1, -0.05) is 17.7 Å². The molecule has 21 heavy (non-hydrogen) atoms. The number of rotatable bonds is 6. The molecular weight excluding hydrogens is 295 g/mol.